The second-order valence-electron chi connectivity index (χ2n) is 7.85. The molecule has 31 heavy (non-hydrogen) atoms. The zero-order chi connectivity index (χ0) is 21.6. The molecule has 1 atom stereocenters. The summed E-state index contributed by atoms with van der Waals surface area (Å²) in [5.41, 5.74) is 0.784. The van der Waals surface area contributed by atoms with Crippen molar-refractivity contribution in [2.75, 3.05) is 16.3 Å². The summed E-state index contributed by atoms with van der Waals surface area (Å²) < 4.78 is 15.5. The lowest BCUT2D eigenvalue weighted by Gasteiger charge is -2.53. The Morgan fingerprint density at radius 3 is 2.90 bits per heavy atom. The summed E-state index contributed by atoms with van der Waals surface area (Å²) >= 11 is 0. The first-order valence-corrected chi connectivity index (χ1v) is 10.4. The van der Waals surface area contributed by atoms with Crippen molar-refractivity contribution < 1.29 is 4.39 Å². The van der Waals surface area contributed by atoms with E-state index in [9.17, 15) is 4.39 Å². The topological polar surface area (TPSA) is 97.8 Å². The summed E-state index contributed by atoms with van der Waals surface area (Å²) in [6.45, 7) is 2.88. The van der Waals surface area contributed by atoms with Gasteiger partial charge >= 0.3 is 0 Å². The second-order valence-corrected chi connectivity index (χ2v) is 7.85. The molecule has 2 aliphatic heterocycles. The SMILES string of the molecule is CC[C@]12CCCCN1c1nc(-n3ccnc3-c3cccc(F)c3)ncc1N(C=N)C2=N. The third-order valence-electron chi connectivity index (χ3n) is 6.33. The minimum absolute atomic E-state index is 0.334. The lowest BCUT2D eigenvalue weighted by molar-refractivity contribution is 0.374. The van der Waals surface area contributed by atoms with Crippen LogP contribution in [-0.4, -0.2) is 43.8 Å². The third-order valence-corrected chi connectivity index (χ3v) is 6.33. The number of benzene rings is 1. The van der Waals surface area contributed by atoms with Crippen LogP contribution in [0.5, 0.6) is 0 Å². The molecule has 0 unspecified atom stereocenters. The van der Waals surface area contributed by atoms with E-state index in [1.807, 2.05) is 0 Å². The predicted octanol–water partition coefficient (Wildman–Crippen LogP) is 4.01. The van der Waals surface area contributed by atoms with Crippen LogP contribution in [0.15, 0.2) is 42.9 Å². The van der Waals surface area contributed by atoms with Crippen molar-refractivity contribution in [2.24, 2.45) is 0 Å². The number of hydrogen-bond donors (Lipinski definition) is 2. The van der Waals surface area contributed by atoms with Crippen LogP contribution in [0.1, 0.15) is 32.6 Å². The number of halogens is 1. The van der Waals surface area contributed by atoms with Gasteiger partial charge in [-0.15, -0.1) is 0 Å². The van der Waals surface area contributed by atoms with E-state index in [4.69, 9.17) is 15.8 Å². The Morgan fingerprint density at radius 1 is 1.26 bits per heavy atom. The van der Waals surface area contributed by atoms with E-state index in [-0.39, 0.29) is 5.82 Å². The zero-order valence-electron chi connectivity index (χ0n) is 17.2. The number of nitrogens with one attached hydrogen (secondary N) is 2. The van der Waals surface area contributed by atoms with Gasteiger partial charge < -0.3 is 4.90 Å². The molecule has 5 rings (SSSR count). The van der Waals surface area contributed by atoms with E-state index in [2.05, 4.69) is 21.8 Å². The van der Waals surface area contributed by atoms with Gasteiger partial charge in [-0.3, -0.25) is 20.3 Å². The van der Waals surface area contributed by atoms with Crippen LogP contribution in [0, 0.1) is 16.6 Å². The second kappa shape index (κ2) is 7.26. The van der Waals surface area contributed by atoms with Gasteiger partial charge in [0.1, 0.15) is 23.2 Å². The summed E-state index contributed by atoms with van der Waals surface area (Å²) in [6, 6.07) is 6.27. The van der Waals surface area contributed by atoms with Crippen molar-refractivity contribution >= 4 is 23.7 Å². The highest BCUT2D eigenvalue weighted by Gasteiger charge is 2.49. The minimum atomic E-state index is -0.477. The fourth-order valence-electron chi connectivity index (χ4n) is 4.75. The van der Waals surface area contributed by atoms with Gasteiger partial charge in [-0.05, 0) is 37.8 Å². The molecule has 1 fully saturated rings. The highest BCUT2D eigenvalue weighted by molar-refractivity contribution is 6.18. The fourth-order valence-corrected chi connectivity index (χ4v) is 4.75. The van der Waals surface area contributed by atoms with E-state index >= 15 is 0 Å². The summed E-state index contributed by atoms with van der Waals surface area (Å²) in [4.78, 5) is 17.6. The molecule has 0 saturated carbocycles. The van der Waals surface area contributed by atoms with Crippen LogP contribution < -0.4 is 9.80 Å². The van der Waals surface area contributed by atoms with E-state index < -0.39 is 5.54 Å². The predicted molar refractivity (Wildman–Crippen MR) is 118 cm³/mol. The lowest BCUT2D eigenvalue weighted by atomic mass is 9.80. The van der Waals surface area contributed by atoms with Crippen molar-refractivity contribution in [1.82, 2.24) is 19.5 Å². The Kier molecular flexibility index (Phi) is 4.53. The Labute approximate surface area is 179 Å². The number of anilines is 2. The number of aromatic nitrogens is 4. The first-order valence-electron chi connectivity index (χ1n) is 10.4. The Hall–Kier alpha value is -3.62. The minimum Gasteiger partial charge on any atom is -0.342 e. The highest BCUT2D eigenvalue weighted by atomic mass is 19.1. The van der Waals surface area contributed by atoms with Gasteiger partial charge in [-0.25, -0.2) is 14.4 Å². The molecule has 0 spiro atoms. The summed E-state index contributed by atoms with van der Waals surface area (Å²) in [6.07, 6.45) is 9.89. The van der Waals surface area contributed by atoms with Gasteiger partial charge in [0, 0.05) is 24.5 Å². The molecule has 2 aliphatic rings. The van der Waals surface area contributed by atoms with Gasteiger partial charge in [0.25, 0.3) is 0 Å². The number of imidazole rings is 1. The van der Waals surface area contributed by atoms with Crippen molar-refractivity contribution in [1.29, 1.82) is 10.8 Å². The molecule has 2 aromatic heterocycles. The normalized spacial score (nSPS) is 20.4. The van der Waals surface area contributed by atoms with Crippen LogP contribution in [0.2, 0.25) is 0 Å². The first kappa shape index (κ1) is 19.3. The van der Waals surface area contributed by atoms with E-state index in [0.29, 0.717) is 34.7 Å². The maximum atomic E-state index is 13.8. The number of rotatable bonds is 4. The van der Waals surface area contributed by atoms with Gasteiger partial charge in [0.2, 0.25) is 5.95 Å². The number of hydrogen-bond acceptors (Lipinski definition) is 6. The fraction of sp³-hybridized carbons (Fsp3) is 0.318. The molecule has 1 aromatic carbocycles. The lowest BCUT2D eigenvalue weighted by Crippen LogP contribution is -2.64. The molecule has 158 valence electrons. The molecule has 1 saturated heterocycles. The maximum Gasteiger partial charge on any atom is 0.237 e. The maximum absolute atomic E-state index is 13.8. The van der Waals surface area contributed by atoms with Crippen molar-refractivity contribution in [2.45, 2.75) is 38.1 Å². The van der Waals surface area contributed by atoms with Crippen LogP contribution in [0.25, 0.3) is 17.3 Å². The molecule has 8 nitrogen and oxygen atoms in total. The monoisotopic (exact) mass is 418 g/mol. The number of nitrogens with zero attached hydrogens (tertiary/aromatic N) is 6. The quantitative estimate of drug-likeness (QED) is 0.493. The highest BCUT2D eigenvalue weighted by Crippen LogP contribution is 2.45. The molecule has 0 aliphatic carbocycles. The van der Waals surface area contributed by atoms with Crippen LogP contribution in [0.3, 0.4) is 0 Å². The number of piperidine rings is 1. The van der Waals surface area contributed by atoms with Crippen LogP contribution in [-0.2, 0) is 0 Å². The standard InChI is InChI=1S/C22H23FN8/c1-2-22-8-3-4-10-31(22)19-17(30(14-24)20(22)25)13-27-21(28-19)29-11-9-26-18(29)15-6-5-7-16(23)12-15/h5-7,9,11-14,24-25H,2-4,8,10H2,1H3/t22-/m1/s1. The van der Waals surface area contributed by atoms with E-state index in [1.165, 1.54) is 18.5 Å². The molecule has 0 amide bonds. The van der Waals surface area contributed by atoms with Gasteiger partial charge in [-0.1, -0.05) is 19.1 Å². The molecule has 9 heteroatoms. The Morgan fingerprint density at radius 2 is 2.13 bits per heavy atom. The van der Waals surface area contributed by atoms with E-state index in [0.717, 1.165) is 32.2 Å². The summed E-state index contributed by atoms with van der Waals surface area (Å²) in [7, 11) is 0. The summed E-state index contributed by atoms with van der Waals surface area (Å²) in [5.74, 6) is 1.75. The molecular formula is C22H23FN8. The van der Waals surface area contributed by atoms with Crippen molar-refractivity contribution in [3.63, 3.8) is 0 Å². The molecule has 0 bridgehead atoms. The van der Waals surface area contributed by atoms with E-state index in [1.54, 1.807) is 40.2 Å². The Balaban J connectivity index is 1.66. The molecule has 3 aromatic rings. The largest absolute Gasteiger partial charge is 0.342 e. The van der Waals surface area contributed by atoms with Crippen molar-refractivity contribution in [3.8, 4) is 17.3 Å². The average Bonchev–Trinajstić information content (AvgIpc) is 3.29. The Bertz CT molecular complexity index is 1170. The van der Waals surface area contributed by atoms with Crippen LogP contribution in [0.4, 0.5) is 15.9 Å². The zero-order valence-corrected chi connectivity index (χ0v) is 17.2. The molecule has 0 radical (unpaired) electrons. The number of amidine groups is 1. The molecular weight excluding hydrogens is 395 g/mol. The third kappa shape index (κ3) is 2.83. The number of fused-ring (bicyclic) bond motifs is 3. The van der Waals surface area contributed by atoms with Gasteiger partial charge in [0.05, 0.1) is 18.1 Å². The van der Waals surface area contributed by atoms with Crippen LogP contribution >= 0.6 is 0 Å². The van der Waals surface area contributed by atoms with Gasteiger partial charge in [0.15, 0.2) is 5.82 Å². The van der Waals surface area contributed by atoms with Gasteiger partial charge in [-0.2, -0.15) is 4.98 Å². The summed E-state index contributed by atoms with van der Waals surface area (Å²) in [5, 5.41) is 16.8. The van der Waals surface area contributed by atoms with Crippen molar-refractivity contribution in [3.05, 3.63) is 48.7 Å². The molecule has 4 heterocycles. The smallest absolute Gasteiger partial charge is 0.237 e. The molecule has 2 N–H and O–H groups in total. The first-order chi connectivity index (χ1) is 15.1. The average molecular weight is 418 g/mol.